The van der Waals surface area contributed by atoms with Crippen molar-refractivity contribution in [1.29, 1.82) is 0 Å². The van der Waals surface area contributed by atoms with Crippen molar-refractivity contribution in [2.45, 2.75) is 19.5 Å². The van der Waals surface area contributed by atoms with Gasteiger partial charge < -0.3 is 14.2 Å². The zero-order valence-corrected chi connectivity index (χ0v) is 18.9. The summed E-state index contributed by atoms with van der Waals surface area (Å²) in [4.78, 5) is 15.0. The van der Waals surface area contributed by atoms with Crippen LogP contribution >= 0.6 is 34.8 Å². The normalized spacial score (nSPS) is 10.9. The molecule has 1 amide bonds. The fraction of sp³-hybridized carbons (Fsp3) is 0.261. The Morgan fingerprint density at radius 3 is 2.57 bits per heavy atom. The van der Waals surface area contributed by atoms with E-state index in [0.717, 1.165) is 22.7 Å². The molecule has 158 valence electrons. The minimum Gasteiger partial charge on any atom is -0.385 e. The van der Waals surface area contributed by atoms with Crippen molar-refractivity contribution < 1.29 is 9.53 Å². The van der Waals surface area contributed by atoms with Crippen molar-refractivity contribution in [3.8, 4) is 0 Å². The Hall–Kier alpha value is -1.98. The van der Waals surface area contributed by atoms with Crippen LogP contribution in [0.5, 0.6) is 0 Å². The summed E-state index contributed by atoms with van der Waals surface area (Å²) in [5.74, 6) is -0.140. The van der Waals surface area contributed by atoms with E-state index < -0.39 is 0 Å². The van der Waals surface area contributed by atoms with Gasteiger partial charge in [-0.05, 0) is 48.4 Å². The third-order valence-corrected chi connectivity index (χ3v) is 5.72. The Balaban J connectivity index is 1.83. The van der Waals surface area contributed by atoms with E-state index >= 15 is 0 Å². The summed E-state index contributed by atoms with van der Waals surface area (Å²) >= 11 is 18.6. The molecular formula is C23H23Cl3N2O2. The maximum absolute atomic E-state index is 13.2. The lowest BCUT2D eigenvalue weighted by Gasteiger charge is -2.24. The van der Waals surface area contributed by atoms with Crippen LogP contribution < -0.4 is 0 Å². The summed E-state index contributed by atoms with van der Waals surface area (Å²) in [5.41, 5.74) is 2.46. The largest absolute Gasteiger partial charge is 0.385 e. The van der Waals surface area contributed by atoms with Crippen LogP contribution in [0.1, 0.15) is 28.0 Å². The summed E-state index contributed by atoms with van der Waals surface area (Å²) in [7, 11) is 1.65. The molecule has 30 heavy (non-hydrogen) atoms. The SMILES string of the molecule is COCCCN(Cc1cccn1Cc1ccccc1Cl)C(=O)c1ccc(Cl)cc1Cl. The minimum absolute atomic E-state index is 0.140. The fourth-order valence-electron chi connectivity index (χ4n) is 3.24. The van der Waals surface area contributed by atoms with Crippen LogP contribution in [-0.4, -0.2) is 35.6 Å². The molecule has 0 fully saturated rings. The van der Waals surface area contributed by atoms with Crippen LogP contribution in [0, 0.1) is 0 Å². The minimum atomic E-state index is -0.140. The van der Waals surface area contributed by atoms with Crippen molar-refractivity contribution in [3.63, 3.8) is 0 Å². The molecule has 0 saturated heterocycles. The van der Waals surface area contributed by atoms with Gasteiger partial charge in [0.05, 0.1) is 17.1 Å². The molecule has 3 rings (SSSR count). The van der Waals surface area contributed by atoms with Crippen molar-refractivity contribution in [2.75, 3.05) is 20.3 Å². The number of carbonyl (C=O) groups is 1. The third-order valence-electron chi connectivity index (χ3n) is 4.80. The number of aromatic nitrogens is 1. The number of carbonyl (C=O) groups excluding carboxylic acids is 1. The number of rotatable bonds is 9. The number of nitrogens with zero attached hydrogens (tertiary/aromatic N) is 2. The number of benzene rings is 2. The molecule has 1 heterocycles. The van der Waals surface area contributed by atoms with Gasteiger partial charge in [0, 0.05) is 48.7 Å². The van der Waals surface area contributed by atoms with Gasteiger partial charge in [-0.15, -0.1) is 0 Å². The van der Waals surface area contributed by atoms with Crippen LogP contribution in [0.4, 0.5) is 0 Å². The van der Waals surface area contributed by atoms with Crippen LogP contribution in [0.2, 0.25) is 15.1 Å². The summed E-state index contributed by atoms with van der Waals surface area (Å²) in [5, 5.41) is 1.56. The Labute approximate surface area is 191 Å². The van der Waals surface area contributed by atoms with Crippen molar-refractivity contribution in [2.24, 2.45) is 0 Å². The van der Waals surface area contributed by atoms with Crippen molar-refractivity contribution in [1.82, 2.24) is 9.47 Å². The van der Waals surface area contributed by atoms with Crippen LogP contribution in [0.15, 0.2) is 60.8 Å². The molecule has 0 aliphatic heterocycles. The van der Waals surface area contributed by atoms with Gasteiger partial charge in [0.2, 0.25) is 0 Å². The standard InChI is InChI=1S/C23H23Cl3N2O2/c1-30-13-5-12-28(23(29)20-10-9-18(24)14-22(20)26)16-19-7-4-11-27(19)15-17-6-2-3-8-21(17)25/h2-4,6-11,14H,5,12-13,15-16H2,1H3. The third kappa shape index (κ3) is 5.79. The molecular weight excluding hydrogens is 443 g/mol. The van der Waals surface area contributed by atoms with Gasteiger partial charge in [-0.1, -0.05) is 53.0 Å². The number of amides is 1. The summed E-state index contributed by atoms with van der Waals surface area (Å²) in [6, 6.07) is 16.7. The van der Waals surface area contributed by atoms with E-state index in [2.05, 4.69) is 4.57 Å². The second kappa shape index (κ2) is 10.9. The van der Waals surface area contributed by atoms with Gasteiger partial charge >= 0.3 is 0 Å². The molecule has 0 aliphatic carbocycles. The van der Waals surface area contributed by atoms with Gasteiger partial charge in [0.15, 0.2) is 0 Å². The average Bonchev–Trinajstić information content (AvgIpc) is 3.15. The zero-order valence-electron chi connectivity index (χ0n) is 16.7. The highest BCUT2D eigenvalue weighted by atomic mass is 35.5. The van der Waals surface area contributed by atoms with Crippen LogP contribution in [0.25, 0.3) is 0 Å². The first-order chi connectivity index (χ1) is 14.5. The predicted molar refractivity (Wildman–Crippen MR) is 123 cm³/mol. The van der Waals surface area contributed by atoms with Gasteiger partial charge in [0.1, 0.15) is 0 Å². The first-order valence-corrected chi connectivity index (χ1v) is 10.7. The lowest BCUT2D eigenvalue weighted by molar-refractivity contribution is 0.0720. The number of methoxy groups -OCH3 is 1. The van der Waals surface area contributed by atoms with E-state index in [-0.39, 0.29) is 5.91 Å². The monoisotopic (exact) mass is 464 g/mol. The average molecular weight is 466 g/mol. The van der Waals surface area contributed by atoms with Crippen molar-refractivity contribution >= 4 is 40.7 Å². The second-order valence-electron chi connectivity index (χ2n) is 6.92. The predicted octanol–water partition coefficient (Wildman–Crippen LogP) is 6.18. The number of hydrogen-bond donors (Lipinski definition) is 0. The lowest BCUT2D eigenvalue weighted by atomic mass is 10.1. The van der Waals surface area contributed by atoms with Gasteiger partial charge in [-0.2, -0.15) is 0 Å². The van der Waals surface area contributed by atoms with Crippen molar-refractivity contribution in [3.05, 3.63) is 92.7 Å². The number of ether oxygens (including phenoxy) is 1. The second-order valence-corrected chi connectivity index (χ2v) is 8.17. The van der Waals surface area contributed by atoms with Gasteiger partial charge in [-0.25, -0.2) is 0 Å². The van der Waals surface area contributed by atoms with Gasteiger partial charge in [-0.3, -0.25) is 4.79 Å². The molecule has 0 radical (unpaired) electrons. The molecule has 4 nitrogen and oxygen atoms in total. The number of hydrogen-bond acceptors (Lipinski definition) is 2. The Kier molecular flexibility index (Phi) is 8.23. The highest BCUT2D eigenvalue weighted by Crippen LogP contribution is 2.24. The maximum Gasteiger partial charge on any atom is 0.255 e. The Morgan fingerprint density at radius 1 is 1.03 bits per heavy atom. The lowest BCUT2D eigenvalue weighted by Crippen LogP contribution is -2.33. The smallest absolute Gasteiger partial charge is 0.255 e. The van der Waals surface area contributed by atoms with E-state index in [1.807, 2.05) is 42.6 Å². The maximum atomic E-state index is 13.2. The molecule has 0 N–H and O–H groups in total. The number of halogens is 3. The molecule has 0 saturated carbocycles. The fourth-order valence-corrected chi connectivity index (χ4v) is 3.92. The first kappa shape index (κ1) is 22.7. The zero-order chi connectivity index (χ0) is 21.5. The highest BCUT2D eigenvalue weighted by molar-refractivity contribution is 6.36. The molecule has 2 aromatic carbocycles. The Bertz CT molecular complexity index is 1000. The van der Waals surface area contributed by atoms with E-state index in [1.165, 1.54) is 0 Å². The van der Waals surface area contributed by atoms with Crippen LogP contribution in [-0.2, 0) is 17.8 Å². The molecule has 0 aliphatic rings. The topological polar surface area (TPSA) is 34.5 Å². The summed E-state index contributed by atoms with van der Waals surface area (Å²) < 4.78 is 7.27. The van der Waals surface area contributed by atoms with E-state index in [0.29, 0.717) is 41.8 Å². The van der Waals surface area contributed by atoms with Crippen LogP contribution in [0.3, 0.4) is 0 Å². The van der Waals surface area contributed by atoms with Gasteiger partial charge in [0.25, 0.3) is 5.91 Å². The van der Waals surface area contributed by atoms with E-state index in [1.54, 1.807) is 30.2 Å². The molecule has 0 atom stereocenters. The molecule has 7 heteroatoms. The first-order valence-electron chi connectivity index (χ1n) is 9.60. The molecule has 0 spiro atoms. The molecule has 0 unspecified atom stereocenters. The highest BCUT2D eigenvalue weighted by Gasteiger charge is 2.20. The summed E-state index contributed by atoms with van der Waals surface area (Å²) in [6.45, 7) is 2.18. The molecule has 0 bridgehead atoms. The summed E-state index contributed by atoms with van der Waals surface area (Å²) in [6.07, 6.45) is 2.71. The Morgan fingerprint density at radius 2 is 1.83 bits per heavy atom. The van der Waals surface area contributed by atoms with E-state index in [9.17, 15) is 4.79 Å². The van der Waals surface area contributed by atoms with E-state index in [4.69, 9.17) is 39.5 Å². The molecule has 3 aromatic rings. The molecule has 1 aromatic heterocycles. The quantitative estimate of drug-likeness (QED) is 0.354.